The SMILES string of the molecule is C/N=C/c1n[nH]c2cccc(F)c12. The minimum atomic E-state index is -0.277. The predicted octanol–water partition coefficient (Wildman–Crippen LogP) is 1.75. The van der Waals surface area contributed by atoms with E-state index in [2.05, 4.69) is 15.2 Å². The van der Waals surface area contributed by atoms with Crippen LogP contribution >= 0.6 is 0 Å². The number of aromatic nitrogens is 2. The van der Waals surface area contributed by atoms with Gasteiger partial charge in [-0.15, -0.1) is 0 Å². The van der Waals surface area contributed by atoms with E-state index in [-0.39, 0.29) is 5.82 Å². The molecule has 2 rings (SSSR count). The van der Waals surface area contributed by atoms with Crippen LogP contribution in [0, 0.1) is 5.82 Å². The molecule has 0 radical (unpaired) electrons. The van der Waals surface area contributed by atoms with Crippen LogP contribution in [0.2, 0.25) is 0 Å². The van der Waals surface area contributed by atoms with E-state index >= 15 is 0 Å². The fraction of sp³-hybridized carbons (Fsp3) is 0.111. The third-order valence-electron chi connectivity index (χ3n) is 1.82. The minimum absolute atomic E-state index is 0.277. The number of aliphatic imine (C=N–C) groups is 1. The number of hydrogen-bond donors (Lipinski definition) is 1. The normalized spacial score (nSPS) is 11.5. The predicted molar refractivity (Wildman–Crippen MR) is 49.6 cm³/mol. The highest BCUT2D eigenvalue weighted by Gasteiger charge is 2.07. The lowest BCUT2D eigenvalue weighted by Crippen LogP contribution is -1.83. The molecule has 66 valence electrons. The molecule has 2 aromatic rings. The van der Waals surface area contributed by atoms with E-state index in [1.165, 1.54) is 12.3 Å². The number of benzene rings is 1. The van der Waals surface area contributed by atoms with Crippen LogP contribution in [0.3, 0.4) is 0 Å². The maximum absolute atomic E-state index is 13.3. The lowest BCUT2D eigenvalue weighted by Gasteiger charge is -1.90. The smallest absolute Gasteiger partial charge is 0.134 e. The number of nitrogens with zero attached hydrogens (tertiary/aromatic N) is 2. The van der Waals surface area contributed by atoms with E-state index in [0.717, 1.165) is 0 Å². The molecule has 1 aromatic carbocycles. The molecule has 13 heavy (non-hydrogen) atoms. The van der Waals surface area contributed by atoms with E-state index in [1.807, 2.05) is 0 Å². The summed E-state index contributed by atoms with van der Waals surface area (Å²) < 4.78 is 13.3. The van der Waals surface area contributed by atoms with Crippen molar-refractivity contribution in [3.63, 3.8) is 0 Å². The van der Waals surface area contributed by atoms with Crippen LogP contribution in [-0.2, 0) is 0 Å². The highest BCUT2D eigenvalue weighted by molar-refractivity contribution is 5.96. The fourth-order valence-electron chi connectivity index (χ4n) is 1.27. The molecule has 4 heteroatoms. The third kappa shape index (κ3) is 1.20. The third-order valence-corrected chi connectivity index (χ3v) is 1.82. The van der Waals surface area contributed by atoms with Gasteiger partial charge < -0.3 is 0 Å². The fourth-order valence-corrected chi connectivity index (χ4v) is 1.27. The van der Waals surface area contributed by atoms with Crippen molar-refractivity contribution in [2.45, 2.75) is 0 Å². The molecule has 0 aliphatic rings. The second kappa shape index (κ2) is 2.97. The van der Waals surface area contributed by atoms with Crippen molar-refractivity contribution in [1.82, 2.24) is 10.2 Å². The number of rotatable bonds is 1. The number of halogens is 1. The monoisotopic (exact) mass is 177 g/mol. The molecule has 3 nitrogen and oxygen atoms in total. The average molecular weight is 177 g/mol. The van der Waals surface area contributed by atoms with Crippen molar-refractivity contribution in [3.05, 3.63) is 29.7 Å². The number of fused-ring (bicyclic) bond motifs is 1. The summed E-state index contributed by atoms with van der Waals surface area (Å²) >= 11 is 0. The summed E-state index contributed by atoms with van der Waals surface area (Å²) in [4.78, 5) is 3.80. The first-order valence-corrected chi connectivity index (χ1v) is 3.87. The van der Waals surface area contributed by atoms with Gasteiger partial charge in [0.25, 0.3) is 0 Å². The maximum atomic E-state index is 13.3. The van der Waals surface area contributed by atoms with Gasteiger partial charge in [-0.2, -0.15) is 5.10 Å². The van der Waals surface area contributed by atoms with Crippen molar-refractivity contribution in [2.75, 3.05) is 7.05 Å². The van der Waals surface area contributed by atoms with Crippen molar-refractivity contribution < 1.29 is 4.39 Å². The minimum Gasteiger partial charge on any atom is -0.294 e. The van der Waals surface area contributed by atoms with Gasteiger partial charge in [0.15, 0.2) is 0 Å². The molecule has 0 saturated heterocycles. The van der Waals surface area contributed by atoms with Gasteiger partial charge in [-0.3, -0.25) is 10.1 Å². The summed E-state index contributed by atoms with van der Waals surface area (Å²) in [6.07, 6.45) is 1.53. The van der Waals surface area contributed by atoms with Crippen LogP contribution in [-0.4, -0.2) is 23.5 Å². The van der Waals surface area contributed by atoms with E-state index in [9.17, 15) is 4.39 Å². The first-order valence-electron chi connectivity index (χ1n) is 3.87. The van der Waals surface area contributed by atoms with Gasteiger partial charge >= 0.3 is 0 Å². The molecular formula is C9H8FN3. The van der Waals surface area contributed by atoms with Crippen LogP contribution in [0.4, 0.5) is 4.39 Å². The molecule has 1 aromatic heterocycles. The molecule has 0 bridgehead atoms. The van der Waals surface area contributed by atoms with Crippen molar-refractivity contribution in [1.29, 1.82) is 0 Å². The first-order chi connectivity index (χ1) is 6.33. The summed E-state index contributed by atoms with van der Waals surface area (Å²) in [6.45, 7) is 0. The van der Waals surface area contributed by atoms with Crippen molar-refractivity contribution >= 4 is 17.1 Å². The molecule has 0 aliphatic carbocycles. The van der Waals surface area contributed by atoms with Crippen LogP contribution in [0.25, 0.3) is 10.9 Å². The van der Waals surface area contributed by atoms with Gasteiger partial charge in [-0.05, 0) is 12.1 Å². The number of nitrogens with one attached hydrogen (secondary N) is 1. The molecule has 1 heterocycles. The van der Waals surface area contributed by atoms with Crippen LogP contribution in [0.1, 0.15) is 5.69 Å². The Hall–Kier alpha value is -1.71. The van der Waals surface area contributed by atoms with Crippen LogP contribution in [0.5, 0.6) is 0 Å². The Morgan fingerprint density at radius 2 is 2.38 bits per heavy atom. The highest BCUT2D eigenvalue weighted by atomic mass is 19.1. The number of hydrogen-bond acceptors (Lipinski definition) is 2. The van der Waals surface area contributed by atoms with E-state index in [0.29, 0.717) is 16.6 Å². The molecule has 0 saturated carbocycles. The molecular weight excluding hydrogens is 169 g/mol. The summed E-state index contributed by atoms with van der Waals surface area (Å²) in [7, 11) is 1.63. The number of H-pyrrole nitrogens is 1. The Morgan fingerprint density at radius 3 is 3.15 bits per heavy atom. The summed E-state index contributed by atoms with van der Waals surface area (Å²) in [5.41, 5.74) is 1.23. The van der Waals surface area contributed by atoms with Gasteiger partial charge in [-0.25, -0.2) is 4.39 Å². The topological polar surface area (TPSA) is 41.0 Å². The van der Waals surface area contributed by atoms with Crippen molar-refractivity contribution in [3.8, 4) is 0 Å². The highest BCUT2D eigenvalue weighted by Crippen LogP contribution is 2.17. The lowest BCUT2D eigenvalue weighted by molar-refractivity contribution is 0.640. The van der Waals surface area contributed by atoms with Gasteiger partial charge in [-0.1, -0.05) is 6.07 Å². The summed E-state index contributed by atoms with van der Waals surface area (Å²) in [5.74, 6) is -0.277. The number of aromatic amines is 1. The lowest BCUT2D eigenvalue weighted by atomic mass is 10.2. The Balaban J connectivity index is 2.78. The zero-order valence-electron chi connectivity index (χ0n) is 7.08. The maximum Gasteiger partial charge on any atom is 0.134 e. The van der Waals surface area contributed by atoms with E-state index in [1.54, 1.807) is 19.2 Å². The van der Waals surface area contributed by atoms with Gasteiger partial charge in [0.05, 0.1) is 10.9 Å². The van der Waals surface area contributed by atoms with Gasteiger partial charge in [0.1, 0.15) is 11.5 Å². The second-order valence-electron chi connectivity index (χ2n) is 2.66. The summed E-state index contributed by atoms with van der Waals surface area (Å²) in [5, 5.41) is 7.16. The largest absolute Gasteiger partial charge is 0.294 e. The van der Waals surface area contributed by atoms with Crippen molar-refractivity contribution in [2.24, 2.45) is 4.99 Å². The van der Waals surface area contributed by atoms with Crippen LogP contribution in [0.15, 0.2) is 23.2 Å². The van der Waals surface area contributed by atoms with Crippen LogP contribution < -0.4 is 0 Å². The molecule has 0 atom stereocenters. The quantitative estimate of drug-likeness (QED) is 0.662. The molecule has 0 unspecified atom stereocenters. The molecule has 0 amide bonds. The summed E-state index contributed by atoms with van der Waals surface area (Å²) in [6, 6.07) is 4.83. The van der Waals surface area contributed by atoms with E-state index < -0.39 is 0 Å². The van der Waals surface area contributed by atoms with E-state index in [4.69, 9.17) is 0 Å². The zero-order valence-corrected chi connectivity index (χ0v) is 7.08. The van der Waals surface area contributed by atoms with Gasteiger partial charge in [0.2, 0.25) is 0 Å². The Bertz CT molecular complexity index is 459. The molecule has 0 aliphatic heterocycles. The Morgan fingerprint density at radius 1 is 1.54 bits per heavy atom. The Labute approximate surface area is 74.3 Å². The molecule has 1 N–H and O–H groups in total. The van der Waals surface area contributed by atoms with Gasteiger partial charge in [0, 0.05) is 13.3 Å². The standard InChI is InChI=1S/C9H8FN3/c1-11-5-8-9-6(10)3-2-4-7(9)12-13-8/h2-5H,1H3,(H,12,13)/b11-5+. The molecule has 0 fully saturated rings. The average Bonchev–Trinajstić information content (AvgIpc) is 2.51. The first kappa shape index (κ1) is 7.91. The zero-order chi connectivity index (χ0) is 9.26. The molecule has 0 spiro atoms. The Kier molecular flexibility index (Phi) is 1.81. The second-order valence-corrected chi connectivity index (χ2v) is 2.66.